The molecule has 1 aliphatic rings. The van der Waals surface area contributed by atoms with Gasteiger partial charge in [-0.2, -0.15) is 0 Å². The first-order chi connectivity index (χ1) is 8.82. The van der Waals surface area contributed by atoms with Crippen LogP contribution in [0.3, 0.4) is 0 Å². The highest BCUT2D eigenvalue weighted by Crippen LogP contribution is 2.37. The van der Waals surface area contributed by atoms with Crippen molar-refractivity contribution in [3.63, 3.8) is 0 Å². The molecule has 1 saturated heterocycles. The lowest BCUT2D eigenvalue weighted by Crippen LogP contribution is -2.41. The van der Waals surface area contributed by atoms with Gasteiger partial charge in [0.2, 0.25) is 0 Å². The predicted molar refractivity (Wildman–Crippen MR) is 80.3 cm³/mol. The van der Waals surface area contributed by atoms with E-state index in [9.17, 15) is 0 Å². The van der Waals surface area contributed by atoms with Crippen LogP contribution in [0.4, 0.5) is 0 Å². The number of rotatable bonds is 1. The van der Waals surface area contributed by atoms with Gasteiger partial charge in [0, 0.05) is 21.7 Å². The molecule has 0 bridgehead atoms. The Morgan fingerprint density at radius 1 is 1.21 bits per heavy atom. The Labute approximate surface area is 122 Å². The topological polar surface area (TPSA) is 31.4 Å². The Morgan fingerprint density at radius 2 is 1.84 bits per heavy atom. The molecular weight excluding hydrogens is 280 g/mol. The van der Waals surface area contributed by atoms with Gasteiger partial charge in [-0.25, -0.2) is 4.98 Å². The normalized spacial score (nSPS) is 21.2. The summed E-state index contributed by atoms with van der Waals surface area (Å²) in [6, 6.07) is 1.98. The van der Waals surface area contributed by atoms with Crippen molar-refractivity contribution in [1.29, 1.82) is 0 Å². The monoisotopic (exact) mass is 295 g/mol. The summed E-state index contributed by atoms with van der Waals surface area (Å²) in [6.45, 7) is 8.17. The Bertz CT molecular complexity index is 625. The second kappa shape index (κ2) is 4.19. The number of hydrogen-bond acceptors (Lipinski definition) is 4. The molecule has 0 atom stereocenters. The van der Waals surface area contributed by atoms with Gasteiger partial charge in [0.25, 0.3) is 0 Å². The average Bonchev–Trinajstić information content (AvgIpc) is 2.84. The third-order valence-electron chi connectivity index (χ3n) is 3.97. The minimum absolute atomic E-state index is 0.346. The smallest absolute Gasteiger partial charge is 0.399 e. The highest BCUT2D eigenvalue weighted by atomic mass is 35.5. The quantitative estimate of drug-likeness (QED) is 0.598. The molecule has 0 saturated carbocycles. The zero-order valence-corrected chi connectivity index (χ0v) is 12.9. The fourth-order valence-electron chi connectivity index (χ4n) is 2.09. The van der Waals surface area contributed by atoms with Crippen LogP contribution in [-0.2, 0) is 9.31 Å². The van der Waals surface area contributed by atoms with Gasteiger partial charge in [-0.1, -0.05) is 11.6 Å². The molecular formula is C13H15BClNO2S. The van der Waals surface area contributed by atoms with E-state index in [4.69, 9.17) is 20.9 Å². The summed E-state index contributed by atoms with van der Waals surface area (Å²) in [4.78, 5) is 4.23. The van der Waals surface area contributed by atoms with Crippen LogP contribution < -0.4 is 5.46 Å². The van der Waals surface area contributed by atoms with Crippen LogP contribution in [0.2, 0.25) is 5.15 Å². The van der Waals surface area contributed by atoms with Gasteiger partial charge in [-0.15, -0.1) is 11.3 Å². The summed E-state index contributed by atoms with van der Waals surface area (Å²) in [5.74, 6) is 0. The molecule has 0 spiro atoms. The molecule has 6 heteroatoms. The minimum atomic E-state index is -0.393. The first kappa shape index (κ1) is 13.4. The first-order valence-corrected chi connectivity index (χ1v) is 7.45. The zero-order chi connectivity index (χ0) is 13.8. The number of halogens is 1. The second-order valence-corrected chi connectivity index (χ2v) is 7.03. The number of fused-ring (bicyclic) bond motifs is 1. The molecule has 3 heterocycles. The van der Waals surface area contributed by atoms with E-state index in [1.54, 1.807) is 17.5 Å². The zero-order valence-electron chi connectivity index (χ0n) is 11.4. The van der Waals surface area contributed by atoms with Gasteiger partial charge < -0.3 is 9.31 Å². The van der Waals surface area contributed by atoms with Crippen LogP contribution in [0, 0.1) is 0 Å². The van der Waals surface area contributed by atoms with Crippen molar-refractivity contribution in [1.82, 2.24) is 4.98 Å². The van der Waals surface area contributed by atoms with Gasteiger partial charge >= 0.3 is 7.12 Å². The Morgan fingerprint density at radius 3 is 2.47 bits per heavy atom. The molecule has 100 valence electrons. The average molecular weight is 296 g/mol. The largest absolute Gasteiger partial charge is 0.497 e. The molecule has 0 aliphatic carbocycles. The maximum atomic E-state index is 6.10. The van der Waals surface area contributed by atoms with Crippen molar-refractivity contribution < 1.29 is 9.31 Å². The lowest BCUT2D eigenvalue weighted by molar-refractivity contribution is 0.00578. The molecule has 0 N–H and O–H groups in total. The van der Waals surface area contributed by atoms with Crippen molar-refractivity contribution in [3.8, 4) is 0 Å². The van der Waals surface area contributed by atoms with Gasteiger partial charge in [0.05, 0.1) is 11.2 Å². The minimum Gasteiger partial charge on any atom is -0.399 e. The van der Waals surface area contributed by atoms with Crippen molar-refractivity contribution in [2.24, 2.45) is 0 Å². The van der Waals surface area contributed by atoms with E-state index in [0.29, 0.717) is 5.15 Å². The molecule has 1 fully saturated rings. The number of pyridine rings is 1. The first-order valence-electron chi connectivity index (χ1n) is 6.19. The molecule has 1 aliphatic heterocycles. The summed E-state index contributed by atoms with van der Waals surface area (Å²) < 4.78 is 13.2. The van der Waals surface area contributed by atoms with E-state index in [1.165, 1.54) is 0 Å². The summed E-state index contributed by atoms with van der Waals surface area (Å²) >= 11 is 7.73. The molecule has 0 unspecified atom stereocenters. The van der Waals surface area contributed by atoms with E-state index >= 15 is 0 Å². The molecule has 0 amide bonds. The van der Waals surface area contributed by atoms with Crippen LogP contribution in [0.1, 0.15) is 27.7 Å². The molecule has 0 aromatic carbocycles. The van der Waals surface area contributed by atoms with Crippen molar-refractivity contribution in [3.05, 3.63) is 22.8 Å². The summed E-state index contributed by atoms with van der Waals surface area (Å²) in [5, 5.41) is 3.49. The summed E-state index contributed by atoms with van der Waals surface area (Å²) in [5.41, 5.74) is 0.259. The van der Waals surface area contributed by atoms with Crippen molar-refractivity contribution >= 4 is 45.6 Å². The number of nitrogens with zero attached hydrogens (tertiary/aromatic N) is 1. The number of aromatic nitrogens is 1. The van der Waals surface area contributed by atoms with E-state index in [2.05, 4.69) is 4.98 Å². The molecule has 2 aromatic heterocycles. The Kier molecular flexibility index (Phi) is 2.95. The summed E-state index contributed by atoms with van der Waals surface area (Å²) in [6.07, 6.45) is 1.75. The fraction of sp³-hybridized carbons (Fsp3) is 0.462. The number of thiophene rings is 1. The van der Waals surface area contributed by atoms with E-state index < -0.39 is 7.12 Å². The maximum absolute atomic E-state index is 6.10. The summed E-state index contributed by atoms with van der Waals surface area (Å²) in [7, 11) is -0.393. The standard InChI is InChI=1S/C13H15BClNO2S/c1-12(2)13(3,4)18-14(17-12)9-7-16-11(15)8-5-6-19-10(8)9/h5-7H,1-4H3. The molecule has 3 rings (SSSR count). The molecule has 0 radical (unpaired) electrons. The molecule has 19 heavy (non-hydrogen) atoms. The predicted octanol–water partition coefficient (Wildman–Crippen LogP) is 3.25. The van der Waals surface area contributed by atoms with Crippen molar-refractivity contribution in [2.75, 3.05) is 0 Å². The van der Waals surface area contributed by atoms with E-state index in [1.807, 2.05) is 39.1 Å². The van der Waals surface area contributed by atoms with E-state index in [-0.39, 0.29) is 11.2 Å². The maximum Gasteiger partial charge on any atom is 0.497 e. The lowest BCUT2D eigenvalue weighted by atomic mass is 9.80. The highest BCUT2D eigenvalue weighted by molar-refractivity contribution is 7.18. The Hall–Kier alpha value is -0.615. The second-order valence-electron chi connectivity index (χ2n) is 5.76. The molecule has 2 aromatic rings. The highest BCUT2D eigenvalue weighted by Gasteiger charge is 2.52. The Balaban J connectivity index is 2.08. The SMILES string of the molecule is CC1(C)OB(c2cnc(Cl)c3ccsc23)OC1(C)C. The van der Waals surface area contributed by atoms with Gasteiger partial charge in [-0.3, -0.25) is 0 Å². The third kappa shape index (κ3) is 2.00. The van der Waals surface area contributed by atoms with Crippen LogP contribution >= 0.6 is 22.9 Å². The number of hydrogen-bond donors (Lipinski definition) is 0. The van der Waals surface area contributed by atoms with Crippen molar-refractivity contribution in [2.45, 2.75) is 38.9 Å². The lowest BCUT2D eigenvalue weighted by Gasteiger charge is -2.32. The van der Waals surface area contributed by atoms with Gasteiger partial charge in [-0.05, 0) is 39.1 Å². The van der Waals surface area contributed by atoms with Crippen LogP contribution in [0.5, 0.6) is 0 Å². The molecule has 3 nitrogen and oxygen atoms in total. The van der Waals surface area contributed by atoms with Gasteiger partial charge in [0.15, 0.2) is 0 Å². The van der Waals surface area contributed by atoms with Crippen LogP contribution in [-0.4, -0.2) is 23.3 Å². The third-order valence-corrected chi connectivity index (χ3v) is 5.24. The van der Waals surface area contributed by atoms with E-state index in [0.717, 1.165) is 15.5 Å². The van der Waals surface area contributed by atoms with Crippen LogP contribution in [0.15, 0.2) is 17.6 Å². The van der Waals surface area contributed by atoms with Crippen LogP contribution in [0.25, 0.3) is 10.1 Å². The fourth-order valence-corrected chi connectivity index (χ4v) is 3.27. The van der Waals surface area contributed by atoms with Gasteiger partial charge in [0.1, 0.15) is 5.15 Å².